The van der Waals surface area contributed by atoms with Crippen LogP contribution in [0.3, 0.4) is 0 Å². The molecule has 2 heterocycles. The van der Waals surface area contributed by atoms with Gasteiger partial charge in [-0.3, -0.25) is 9.59 Å². The van der Waals surface area contributed by atoms with Gasteiger partial charge in [0.1, 0.15) is 19.3 Å². The quantitative estimate of drug-likeness (QED) is 0.701. The predicted octanol–water partition coefficient (Wildman–Crippen LogP) is 2.06. The van der Waals surface area contributed by atoms with E-state index in [9.17, 15) is 9.59 Å². The first-order valence-corrected chi connectivity index (χ1v) is 9.14. The molecule has 4 rings (SSSR count). The fourth-order valence-electron chi connectivity index (χ4n) is 3.06. The summed E-state index contributed by atoms with van der Waals surface area (Å²) in [5.41, 5.74) is 1.36. The lowest BCUT2D eigenvalue weighted by atomic mass is 10.1. The van der Waals surface area contributed by atoms with Gasteiger partial charge in [-0.05, 0) is 24.3 Å². The second kappa shape index (κ2) is 9.60. The number of halogens is 1. The van der Waals surface area contributed by atoms with Crippen LogP contribution in [-0.4, -0.2) is 50.8 Å². The second-order valence-corrected chi connectivity index (χ2v) is 6.41. The summed E-state index contributed by atoms with van der Waals surface area (Å²) >= 11 is 0. The summed E-state index contributed by atoms with van der Waals surface area (Å²) in [7, 11) is 0. The standard InChI is InChI=1S/C20H21N3O5.ClH/c24-19(22-13-5-6-16-17(11-13)28-10-9-27-16)14-3-1-2-4-15(14)23-20(25)18-12-21-7-8-26-18;/h1-6,11,18,21H,7-10,12H2,(H,22,24)(H,23,25);1H/t18-;/m1./s1. The molecule has 0 saturated carbocycles. The van der Waals surface area contributed by atoms with Crippen molar-refractivity contribution >= 4 is 35.6 Å². The van der Waals surface area contributed by atoms with Gasteiger partial charge in [0.2, 0.25) is 0 Å². The summed E-state index contributed by atoms with van der Waals surface area (Å²) in [6.45, 7) is 2.61. The van der Waals surface area contributed by atoms with E-state index < -0.39 is 6.10 Å². The molecular formula is C20H22ClN3O5. The number of amides is 2. The van der Waals surface area contributed by atoms with Crippen molar-refractivity contribution in [3.63, 3.8) is 0 Å². The highest BCUT2D eigenvalue weighted by Crippen LogP contribution is 2.32. The number of morpholine rings is 1. The molecule has 2 amide bonds. The minimum atomic E-state index is -0.581. The van der Waals surface area contributed by atoms with Crippen LogP contribution in [0.1, 0.15) is 10.4 Å². The van der Waals surface area contributed by atoms with Crippen molar-refractivity contribution < 1.29 is 23.8 Å². The van der Waals surface area contributed by atoms with Gasteiger partial charge < -0.3 is 30.2 Å². The van der Waals surface area contributed by atoms with Crippen LogP contribution in [-0.2, 0) is 9.53 Å². The molecule has 2 aromatic carbocycles. The molecule has 2 aliphatic heterocycles. The van der Waals surface area contributed by atoms with E-state index in [1.807, 2.05) is 0 Å². The van der Waals surface area contributed by atoms with Crippen LogP contribution in [0.2, 0.25) is 0 Å². The second-order valence-electron chi connectivity index (χ2n) is 6.41. The van der Waals surface area contributed by atoms with E-state index in [-0.39, 0.29) is 24.2 Å². The van der Waals surface area contributed by atoms with Crippen LogP contribution in [0.25, 0.3) is 0 Å². The molecule has 1 atom stereocenters. The monoisotopic (exact) mass is 419 g/mol. The summed E-state index contributed by atoms with van der Waals surface area (Å²) in [5.74, 6) is 0.618. The molecular weight excluding hydrogens is 398 g/mol. The fourth-order valence-corrected chi connectivity index (χ4v) is 3.06. The van der Waals surface area contributed by atoms with Crippen molar-refractivity contribution in [1.29, 1.82) is 0 Å². The zero-order chi connectivity index (χ0) is 19.3. The highest BCUT2D eigenvalue weighted by Gasteiger charge is 2.23. The predicted molar refractivity (Wildman–Crippen MR) is 110 cm³/mol. The molecule has 1 saturated heterocycles. The third kappa shape index (κ3) is 4.97. The highest BCUT2D eigenvalue weighted by atomic mass is 35.5. The van der Waals surface area contributed by atoms with Gasteiger partial charge in [-0.1, -0.05) is 12.1 Å². The summed E-state index contributed by atoms with van der Waals surface area (Å²) in [6, 6.07) is 12.1. The molecule has 0 unspecified atom stereocenters. The molecule has 2 aliphatic rings. The largest absolute Gasteiger partial charge is 0.486 e. The van der Waals surface area contributed by atoms with E-state index in [1.165, 1.54) is 0 Å². The molecule has 0 bridgehead atoms. The number of carbonyl (C=O) groups is 2. The first kappa shape index (κ1) is 20.9. The van der Waals surface area contributed by atoms with Crippen molar-refractivity contribution in [3.05, 3.63) is 48.0 Å². The Bertz CT molecular complexity index is 886. The Morgan fingerprint density at radius 1 is 0.966 bits per heavy atom. The molecule has 9 heteroatoms. The summed E-state index contributed by atoms with van der Waals surface area (Å²) < 4.78 is 16.5. The van der Waals surface area contributed by atoms with Gasteiger partial charge in [0.15, 0.2) is 11.5 Å². The Morgan fingerprint density at radius 3 is 2.55 bits per heavy atom. The Kier molecular flexibility index (Phi) is 6.92. The van der Waals surface area contributed by atoms with E-state index in [4.69, 9.17) is 14.2 Å². The molecule has 8 nitrogen and oxygen atoms in total. The Balaban J connectivity index is 0.00000240. The number of para-hydroxylation sites is 1. The molecule has 0 aromatic heterocycles. The van der Waals surface area contributed by atoms with Gasteiger partial charge in [0.25, 0.3) is 11.8 Å². The summed E-state index contributed by atoms with van der Waals surface area (Å²) in [5, 5.41) is 8.73. The third-order valence-corrected chi connectivity index (χ3v) is 4.45. The van der Waals surface area contributed by atoms with Crippen molar-refractivity contribution in [3.8, 4) is 11.5 Å². The van der Waals surface area contributed by atoms with E-state index in [0.29, 0.717) is 54.8 Å². The molecule has 0 spiro atoms. The number of hydrogen-bond donors (Lipinski definition) is 3. The number of ether oxygens (including phenoxy) is 3. The third-order valence-electron chi connectivity index (χ3n) is 4.45. The minimum absolute atomic E-state index is 0. The maximum atomic E-state index is 12.8. The molecule has 1 fully saturated rings. The summed E-state index contributed by atoms with van der Waals surface area (Å²) in [6.07, 6.45) is -0.581. The van der Waals surface area contributed by atoms with Gasteiger partial charge in [0.05, 0.1) is 17.9 Å². The minimum Gasteiger partial charge on any atom is -0.486 e. The molecule has 3 N–H and O–H groups in total. The van der Waals surface area contributed by atoms with Crippen LogP contribution in [0.5, 0.6) is 11.5 Å². The summed E-state index contributed by atoms with van der Waals surface area (Å²) in [4.78, 5) is 25.2. The molecule has 2 aromatic rings. The number of carbonyl (C=O) groups excluding carboxylic acids is 2. The number of nitrogens with one attached hydrogen (secondary N) is 3. The number of anilines is 2. The molecule has 29 heavy (non-hydrogen) atoms. The van der Waals surface area contributed by atoms with Gasteiger partial charge >= 0.3 is 0 Å². The lowest BCUT2D eigenvalue weighted by Crippen LogP contribution is -2.45. The zero-order valence-corrected chi connectivity index (χ0v) is 16.4. The van der Waals surface area contributed by atoms with Gasteiger partial charge in [-0.25, -0.2) is 0 Å². The Labute approximate surface area is 174 Å². The van der Waals surface area contributed by atoms with Crippen molar-refractivity contribution in [2.24, 2.45) is 0 Å². The van der Waals surface area contributed by atoms with Gasteiger partial charge in [-0.2, -0.15) is 0 Å². The van der Waals surface area contributed by atoms with Crippen LogP contribution < -0.4 is 25.4 Å². The van der Waals surface area contributed by atoms with E-state index in [1.54, 1.807) is 42.5 Å². The Hall–Kier alpha value is -2.81. The van der Waals surface area contributed by atoms with Crippen LogP contribution in [0.4, 0.5) is 11.4 Å². The smallest absolute Gasteiger partial charge is 0.257 e. The maximum absolute atomic E-state index is 12.8. The first-order chi connectivity index (χ1) is 13.7. The van der Waals surface area contributed by atoms with Crippen LogP contribution in [0.15, 0.2) is 42.5 Å². The van der Waals surface area contributed by atoms with Crippen molar-refractivity contribution in [1.82, 2.24) is 5.32 Å². The Morgan fingerprint density at radius 2 is 1.76 bits per heavy atom. The lowest BCUT2D eigenvalue weighted by molar-refractivity contribution is -0.128. The topological polar surface area (TPSA) is 97.9 Å². The van der Waals surface area contributed by atoms with Gasteiger partial charge in [-0.15, -0.1) is 12.4 Å². The van der Waals surface area contributed by atoms with E-state index >= 15 is 0 Å². The SMILES string of the molecule is Cl.O=C(Nc1ccc2c(c1)OCCO2)c1ccccc1NC(=O)[C@H]1CNCCO1. The fraction of sp³-hybridized carbons (Fsp3) is 0.300. The van der Waals surface area contributed by atoms with Crippen LogP contribution >= 0.6 is 12.4 Å². The van der Waals surface area contributed by atoms with E-state index in [0.717, 1.165) is 6.54 Å². The van der Waals surface area contributed by atoms with Gasteiger partial charge in [0, 0.05) is 24.8 Å². The van der Waals surface area contributed by atoms with Crippen LogP contribution in [0, 0.1) is 0 Å². The number of fused-ring (bicyclic) bond motifs is 1. The molecule has 154 valence electrons. The number of benzene rings is 2. The zero-order valence-electron chi connectivity index (χ0n) is 15.6. The van der Waals surface area contributed by atoms with Crippen molar-refractivity contribution in [2.75, 3.05) is 43.5 Å². The first-order valence-electron chi connectivity index (χ1n) is 9.14. The van der Waals surface area contributed by atoms with E-state index in [2.05, 4.69) is 16.0 Å². The average molecular weight is 420 g/mol. The lowest BCUT2D eigenvalue weighted by Gasteiger charge is -2.23. The van der Waals surface area contributed by atoms with Crippen molar-refractivity contribution in [2.45, 2.75) is 6.10 Å². The highest BCUT2D eigenvalue weighted by molar-refractivity contribution is 6.10. The normalized spacial score (nSPS) is 17.6. The number of rotatable bonds is 4. The average Bonchev–Trinajstić information content (AvgIpc) is 2.74. The molecule has 0 aliphatic carbocycles. The molecule has 0 radical (unpaired) electrons. The number of hydrogen-bond acceptors (Lipinski definition) is 6. The maximum Gasteiger partial charge on any atom is 0.257 e.